The van der Waals surface area contributed by atoms with Gasteiger partial charge in [-0.1, -0.05) is 30.9 Å². The van der Waals surface area contributed by atoms with Crippen LogP contribution in [-0.4, -0.2) is 16.0 Å². The SMILES string of the molecule is Cc1nc(NC2CCCCC2)c2oc3ccc(Cl)cc3c2n1. The Morgan fingerprint density at radius 1 is 1.18 bits per heavy atom. The Hall–Kier alpha value is -1.81. The molecule has 0 bridgehead atoms. The quantitative estimate of drug-likeness (QED) is 0.716. The molecule has 0 aliphatic heterocycles. The summed E-state index contributed by atoms with van der Waals surface area (Å²) >= 11 is 6.11. The minimum Gasteiger partial charge on any atom is -0.450 e. The molecule has 5 heteroatoms. The number of anilines is 1. The van der Waals surface area contributed by atoms with E-state index in [0.29, 0.717) is 11.1 Å². The highest BCUT2D eigenvalue weighted by Gasteiger charge is 2.19. The van der Waals surface area contributed by atoms with Crippen molar-refractivity contribution >= 4 is 39.5 Å². The highest BCUT2D eigenvalue weighted by Crippen LogP contribution is 2.33. The van der Waals surface area contributed by atoms with Gasteiger partial charge in [0.25, 0.3) is 0 Å². The van der Waals surface area contributed by atoms with E-state index in [0.717, 1.165) is 33.7 Å². The molecule has 0 unspecified atom stereocenters. The molecule has 1 saturated carbocycles. The van der Waals surface area contributed by atoms with Gasteiger partial charge >= 0.3 is 0 Å². The summed E-state index contributed by atoms with van der Waals surface area (Å²) in [5, 5.41) is 5.19. The van der Waals surface area contributed by atoms with Crippen LogP contribution in [0, 0.1) is 6.92 Å². The molecule has 4 nitrogen and oxygen atoms in total. The van der Waals surface area contributed by atoms with Crippen LogP contribution in [-0.2, 0) is 0 Å². The van der Waals surface area contributed by atoms with Crippen molar-refractivity contribution in [2.24, 2.45) is 0 Å². The highest BCUT2D eigenvalue weighted by atomic mass is 35.5. The van der Waals surface area contributed by atoms with E-state index in [1.807, 2.05) is 25.1 Å². The molecule has 114 valence electrons. The molecule has 2 heterocycles. The first-order chi connectivity index (χ1) is 10.7. The van der Waals surface area contributed by atoms with Gasteiger partial charge in [0, 0.05) is 16.5 Å². The molecule has 0 radical (unpaired) electrons. The maximum atomic E-state index is 6.11. The molecular weight excluding hydrogens is 298 g/mol. The van der Waals surface area contributed by atoms with E-state index in [2.05, 4.69) is 15.3 Å². The zero-order valence-electron chi connectivity index (χ0n) is 12.5. The zero-order chi connectivity index (χ0) is 15.1. The van der Waals surface area contributed by atoms with Crippen LogP contribution in [0.25, 0.3) is 22.1 Å². The van der Waals surface area contributed by atoms with Gasteiger partial charge in [-0.2, -0.15) is 0 Å². The van der Waals surface area contributed by atoms with Crippen molar-refractivity contribution in [3.8, 4) is 0 Å². The van der Waals surface area contributed by atoms with Crippen molar-refractivity contribution in [3.05, 3.63) is 29.0 Å². The number of aryl methyl sites for hydroxylation is 1. The van der Waals surface area contributed by atoms with Gasteiger partial charge in [0.1, 0.15) is 16.9 Å². The molecule has 22 heavy (non-hydrogen) atoms. The smallest absolute Gasteiger partial charge is 0.196 e. The summed E-state index contributed by atoms with van der Waals surface area (Å²) in [5.74, 6) is 1.55. The third kappa shape index (κ3) is 2.41. The summed E-state index contributed by atoms with van der Waals surface area (Å²) in [4.78, 5) is 9.12. The van der Waals surface area contributed by atoms with Gasteiger partial charge in [-0.3, -0.25) is 0 Å². The molecule has 1 aliphatic rings. The Morgan fingerprint density at radius 2 is 2.00 bits per heavy atom. The summed E-state index contributed by atoms with van der Waals surface area (Å²) in [6, 6.07) is 6.10. The van der Waals surface area contributed by atoms with Crippen LogP contribution >= 0.6 is 11.6 Å². The Bertz CT molecular complexity index is 837. The van der Waals surface area contributed by atoms with Crippen LogP contribution < -0.4 is 5.32 Å². The van der Waals surface area contributed by atoms with E-state index in [9.17, 15) is 0 Å². The minimum absolute atomic E-state index is 0.475. The second-order valence-corrected chi connectivity index (χ2v) is 6.46. The molecule has 3 aromatic rings. The van der Waals surface area contributed by atoms with Gasteiger partial charge in [-0.05, 0) is 38.0 Å². The van der Waals surface area contributed by atoms with E-state index in [4.69, 9.17) is 16.0 Å². The maximum absolute atomic E-state index is 6.11. The number of halogens is 1. The van der Waals surface area contributed by atoms with Crippen molar-refractivity contribution in [1.29, 1.82) is 0 Å². The van der Waals surface area contributed by atoms with Crippen molar-refractivity contribution in [3.63, 3.8) is 0 Å². The van der Waals surface area contributed by atoms with E-state index in [-0.39, 0.29) is 0 Å². The van der Waals surface area contributed by atoms with Crippen LogP contribution in [0.2, 0.25) is 5.02 Å². The lowest BCUT2D eigenvalue weighted by atomic mass is 9.95. The average molecular weight is 316 g/mol. The minimum atomic E-state index is 0.475. The lowest BCUT2D eigenvalue weighted by Crippen LogP contribution is -2.23. The molecule has 0 atom stereocenters. The lowest BCUT2D eigenvalue weighted by Gasteiger charge is -2.23. The summed E-state index contributed by atoms with van der Waals surface area (Å²) in [6.45, 7) is 1.91. The molecule has 1 fully saturated rings. The van der Waals surface area contributed by atoms with Gasteiger partial charge < -0.3 is 9.73 Å². The van der Waals surface area contributed by atoms with Gasteiger partial charge in [-0.15, -0.1) is 0 Å². The molecule has 1 aromatic carbocycles. The summed E-state index contributed by atoms with van der Waals surface area (Å²) < 4.78 is 5.99. The highest BCUT2D eigenvalue weighted by molar-refractivity contribution is 6.31. The second kappa shape index (κ2) is 5.43. The molecule has 0 amide bonds. The third-order valence-corrected chi connectivity index (χ3v) is 4.57. The lowest BCUT2D eigenvalue weighted by molar-refractivity contribution is 0.461. The van der Waals surface area contributed by atoms with Crippen LogP contribution in [0.4, 0.5) is 5.82 Å². The van der Waals surface area contributed by atoms with Crippen molar-refractivity contribution in [2.75, 3.05) is 5.32 Å². The Labute approximate surface area is 133 Å². The number of nitrogens with one attached hydrogen (secondary N) is 1. The number of furan rings is 1. The van der Waals surface area contributed by atoms with Crippen LogP contribution in [0.5, 0.6) is 0 Å². The van der Waals surface area contributed by atoms with Crippen molar-refractivity contribution < 1.29 is 4.42 Å². The van der Waals surface area contributed by atoms with Crippen molar-refractivity contribution in [1.82, 2.24) is 9.97 Å². The Kier molecular flexibility index (Phi) is 3.41. The Balaban J connectivity index is 1.84. The molecule has 1 N–H and O–H groups in total. The predicted octanol–water partition coefficient (Wildman–Crippen LogP) is 5.08. The standard InChI is InChI=1S/C17H18ClN3O/c1-10-19-15-13-9-11(18)7-8-14(13)22-16(15)17(20-10)21-12-5-3-2-4-6-12/h7-9,12H,2-6H2,1H3,(H,19,20,21). The van der Waals surface area contributed by atoms with E-state index < -0.39 is 0 Å². The number of benzene rings is 1. The fourth-order valence-corrected chi connectivity index (χ4v) is 3.44. The normalized spacial score (nSPS) is 16.5. The monoisotopic (exact) mass is 315 g/mol. The number of rotatable bonds is 2. The van der Waals surface area contributed by atoms with Crippen LogP contribution in [0.1, 0.15) is 37.9 Å². The molecule has 0 saturated heterocycles. The summed E-state index contributed by atoms with van der Waals surface area (Å²) in [5.41, 5.74) is 2.36. The number of nitrogens with zero attached hydrogens (tertiary/aromatic N) is 2. The van der Waals surface area contributed by atoms with E-state index in [1.165, 1.54) is 32.1 Å². The fraction of sp³-hybridized carbons (Fsp3) is 0.412. The fourth-order valence-electron chi connectivity index (χ4n) is 3.27. The molecular formula is C17H18ClN3O. The average Bonchev–Trinajstić information content (AvgIpc) is 2.87. The molecule has 2 aromatic heterocycles. The second-order valence-electron chi connectivity index (χ2n) is 6.02. The predicted molar refractivity (Wildman–Crippen MR) is 89.6 cm³/mol. The van der Waals surface area contributed by atoms with Crippen LogP contribution in [0.3, 0.4) is 0 Å². The van der Waals surface area contributed by atoms with E-state index >= 15 is 0 Å². The summed E-state index contributed by atoms with van der Waals surface area (Å²) in [6.07, 6.45) is 6.27. The first-order valence-corrected chi connectivity index (χ1v) is 8.21. The maximum Gasteiger partial charge on any atom is 0.196 e. The van der Waals surface area contributed by atoms with Crippen molar-refractivity contribution in [2.45, 2.75) is 45.1 Å². The third-order valence-electron chi connectivity index (χ3n) is 4.33. The molecule has 1 aliphatic carbocycles. The Morgan fingerprint density at radius 3 is 2.82 bits per heavy atom. The van der Waals surface area contributed by atoms with E-state index in [1.54, 1.807) is 0 Å². The number of hydrogen-bond donors (Lipinski definition) is 1. The number of aromatic nitrogens is 2. The molecule has 4 rings (SSSR count). The topological polar surface area (TPSA) is 51.0 Å². The zero-order valence-corrected chi connectivity index (χ0v) is 13.3. The first kappa shape index (κ1) is 13.8. The van der Waals surface area contributed by atoms with Gasteiger partial charge in [0.15, 0.2) is 11.4 Å². The largest absolute Gasteiger partial charge is 0.450 e. The number of hydrogen-bond acceptors (Lipinski definition) is 4. The van der Waals surface area contributed by atoms with Gasteiger partial charge in [0.2, 0.25) is 0 Å². The first-order valence-electron chi connectivity index (χ1n) is 7.83. The van der Waals surface area contributed by atoms with Gasteiger partial charge in [-0.25, -0.2) is 9.97 Å². The molecule has 0 spiro atoms. The van der Waals surface area contributed by atoms with Gasteiger partial charge in [0.05, 0.1) is 0 Å². The summed E-state index contributed by atoms with van der Waals surface area (Å²) in [7, 11) is 0. The van der Waals surface area contributed by atoms with Crippen LogP contribution in [0.15, 0.2) is 22.6 Å². The number of fused-ring (bicyclic) bond motifs is 3.